The quantitative estimate of drug-likeness (QED) is 0.736. The topological polar surface area (TPSA) is 52.9 Å². The third kappa shape index (κ3) is 3.33. The monoisotopic (exact) mass is 249 g/mol. The van der Waals surface area contributed by atoms with Crippen molar-refractivity contribution in [1.82, 2.24) is 4.90 Å². The summed E-state index contributed by atoms with van der Waals surface area (Å²) in [5, 5.41) is 18.7. The van der Waals surface area contributed by atoms with E-state index in [2.05, 4.69) is 11.9 Å². The molecule has 5 heteroatoms. The number of nitrogens with zero attached hydrogens (tertiary/aromatic N) is 1. The van der Waals surface area contributed by atoms with Crippen LogP contribution in [0, 0.1) is 0 Å². The molecule has 0 amide bonds. The van der Waals surface area contributed by atoms with E-state index in [-0.39, 0.29) is 0 Å². The first-order chi connectivity index (χ1) is 8.68. The van der Waals surface area contributed by atoms with Gasteiger partial charge in [-0.05, 0) is 30.9 Å². The van der Waals surface area contributed by atoms with Crippen LogP contribution < -0.4 is 5.46 Å². The van der Waals surface area contributed by atoms with Crippen LogP contribution in [-0.2, 0) is 11.3 Å². The van der Waals surface area contributed by atoms with Crippen LogP contribution in [0.3, 0.4) is 0 Å². The summed E-state index contributed by atoms with van der Waals surface area (Å²) in [6, 6.07) is 7.98. The van der Waals surface area contributed by atoms with Crippen molar-refractivity contribution in [2.75, 3.05) is 20.3 Å². The van der Waals surface area contributed by atoms with Gasteiger partial charge in [0.2, 0.25) is 0 Å². The van der Waals surface area contributed by atoms with Gasteiger partial charge in [-0.1, -0.05) is 24.3 Å². The second kappa shape index (κ2) is 6.34. The van der Waals surface area contributed by atoms with Gasteiger partial charge >= 0.3 is 7.12 Å². The lowest BCUT2D eigenvalue weighted by Gasteiger charge is -2.31. The predicted octanol–water partition coefficient (Wildman–Crippen LogP) is -0.0228. The van der Waals surface area contributed by atoms with Gasteiger partial charge in [0.05, 0.1) is 0 Å². The van der Waals surface area contributed by atoms with Crippen LogP contribution in [0.1, 0.15) is 18.4 Å². The van der Waals surface area contributed by atoms with E-state index in [1.807, 2.05) is 18.2 Å². The predicted molar refractivity (Wildman–Crippen MR) is 71.6 cm³/mol. The number of ether oxygens (including phenoxy) is 1. The highest BCUT2D eigenvalue weighted by Crippen LogP contribution is 2.15. The number of benzene rings is 1. The Bertz CT molecular complexity index is 380. The van der Waals surface area contributed by atoms with E-state index >= 15 is 0 Å². The smallest absolute Gasteiger partial charge is 0.423 e. The molecule has 0 unspecified atom stereocenters. The van der Waals surface area contributed by atoms with E-state index < -0.39 is 7.12 Å². The summed E-state index contributed by atoms with van der Waals surface area (Å²) in [7, 11) is 0.681. The highest BCUT2D eigenvalue weighted by molar-refractivity contribution is 6.59. The minimum atomic E-state index is -1.40. The van der Waals surface area contributed by atoms with E-state index in [1.165, 1.54) is 0 Å². The second-order valence-electron chi connectivity index (χ2n) is 4.83. The fourth-order valence-electron chi connectivity index (χ4n) is 2.45. The Morgan fingerprint density at radius 3 is 2.61 bits per heavy atom. The first-order valence-corrected chi connectivity index (χ1v) is 6.40. The van der Waals surface area contributed by atoms with E-state index in [1.54, 1.807) is 6.07 Å². The van der Waals surface area contributed by atoms with Crippen molar-refractivity contribution < 1.29 is 14.8 Å². The summed E-state index contributed by atoms with van der Waals surface area (Å²) in [4.78, 5) is 2.27. The average molecular weight is 249 g/mol. The van der Waals surface area contributed by atoms with Crippen LogP contribution in [0.25, 0.3) is 0 Å². The lowest BCUT2D eigenvalue weighted by molar-refractivity contribution is 0.0407. The third-order valence-electron chi connectivity index (χ3n) is 3.57. The zero-order valence-corrected chi connectivity index (χ0v) is 10.7. The summed E-state index contributed by atoms with van der Waals surface area (Å²) in [5.74, 6) is 0. The second-order valence-corrected chi connectivity index (χ2v) is 4.83. The lowest BCUT2D eigenvalue weighted by atomic mass is 9.77. The Morgan fingerprint density at radius 1 is 1.28 bits per heavy atom. The molecule has 1 aromatic rings. The first kappa shape index (κ1) is 13.6. The molecule has 1 aliphatic rings. The molecule has 1 aliphatic heterocycles. The molecule has 1 heterocycles. The molecule has 0 radical (unpaired) electrons. The van der Waals surface area contributed by atoms with Crippen molar-refractivity contribution >= 4 is 12.6 Å². The van der Waals surface area contributed by atoms with Crippen LogP contribution in [-0.4, -0.2) is 48.4 Å². The van der Waals surface area contributed by atoms with Crippen LogP contribution >= 0.6 is 0 Å². The maximum atomic E-state index is 9.34. The summed E-state index contributed by atoms with van der Waals surface area (Å²) in [5.41, 5.74) is 1.57. The van der Waals surface area contributed by atoms with Crippen LogP contribution in [0.4, 0.5) is 0 Å². The zero-order chi connectivity index (χ0) is 13.0. The van der Waals surface area contributed by atoms with Gasteiger partial charge in [0.25, 0.3) is 0 Å². The van der Waals surface area contributed by atoms with Crippen molar-refractivity contribution in [3.63, 3.8) is 0 Å². The van der Waals surface area contributed by atoms with Gasteiger partial charge in [-0.15, -0.1) is 0 Å². The molecule has 0 atom stereocenters. The fourth-order valence-corrected chi connectivity index (χ4v) is 2.45. The molecule has 0 aliphatic carbocycles. The molecule has 0 spiro atoms. The number of hydrogen-bond donors (Lipinski definition) is 2. The van der Waals surface area contributed by atoms with Gasteiger partial charge in [0, 0.05) is 25.8 Å². The van der Waals surface area contributed by atoms with Crippen LogP contribution in [0.15, 0.2) is 24.3 Å². The van der Waals surface area contributed by atoms with E-state index in [9.17, 15) is 10.0 Å². The molecule has 4 nitrogen and oxygen atoms in total. The number of hydrogen-bond acceptors (Lipinski definition) is 4. The number of rotatable bonds is 4. The summed E-state index contributed by atoms with van der Waals surface area (Å²) < 4.78 is 5.36. The van der Waals surface area contributed by atoms with Gasteiger partial charge in [-0.25, -0.2) is 0 Å². The fraction of sp³-hybridized carbons (Fsp3) is 0.538. The van der Waals surface area contributed by atoms with Crippen LogP contribution in [0.2, 0.25) is 0 Å². The molecule has 2 N–H and O–H groups in total. The zero-order valence-electron chi connectivity index (χ0n) is 10.7. The van der Waals surface area contributed by atoms with E-state index in [0.29, 0.717) is 11.5 Å². The first-order valence-electron chi connectivity index (χ1n) is 6.40. The Hall–Kier alpha value is -0.875. The highest BCUT2D eigenvalue weighted by atomic mass is 16.5. The lowest BCUT2D eigenvalue weighted by Crippen LogP contribution is -2.39. The minimum absolute atomic E-state index is 0.516. The molecule has 2 rings (SSSR count). The summed E-state index contributed by atoms with van der Waals surface area (Å²) in [6.45, 7) is 2.37. The van der Waals surface area contributed by atoms with Gasteiger partial charge < -0.3 is 14.8 Å². The van der Waals surface area contributed by atoms with Crippen molar-refractivity contribution in [3.8, 4) is 0 Å². The van der Waals surface area contributed by atoms with E-state index in [4.69, 9.17) is 4.74 Å². The molecule has 1 aromatic carbocycles. The Balaban J connectivity index is 2.03. The van der Waals surface area contributed by atoms with Crippen LogP contribution in [0.5, 0.6) is 0 Å². The van der Waals surface area contributed by atoms with Crippen molar-refractivity contribution in [2.24, 2.45) is 0 Å². The summed E-state index contributed by atoms with van der Waals surface area (Å²) in [6.07, 6.45) is 2.08. The normalized spacial score (nSPS) is 17.1. The SMILES string of the molecule is CN(Cc1ccccc1B(O)O)C1CCOCC1. The molecule has 18 heavy (non-hydrogen) atoms. The van der Waals surface area contributed by atoms with Gasteiger partial charge in [0.1, 0.15) is 0 Å². The maximum absolute atomic E-state index is 9.34. The standard InChI is InChI=1S/C13H20BNO3/c1-15(12-6-8-18-9-7-12)10-11-4-2-3-5-13(11)14(16)17/h2-5,12,16-17H,6-10H2,1H3. The van der Waals surface area contributed by atoms with E-state index in [0.717, 1.165) is 38.2 Å². The highest BCUT2D eigenvalue weighted by Gasteiger charge is 2.21. The third-order valence-corrected chi connectivity index (χ3v) is 3.57. The molecule has 0 aromatic heterocycles. The molecule has 98 valence electrons. The molecule has 1 saturated heterocycles. The van der Waals surface area contributed by atoms with Crippen molar-refractivity contribution in [1.29, 1.82) is 0 Å². The molecule has 0 bridgehead atoms. The molecular weight excluding hydrogens is 229 g/mol. The van der Waals surface area contributed by atoms with Crippen molar-refractivity contribution in [3.05, 3.63) is 29.8 Å². The largest absolute Gasteiger partial charge is 0.488 e. The maximum Gasteiger partial charge on any atom is 0.488 e. The molecule has 1 fully saturated rings. The average Bonchev–Trinajstić information content (AvgIpc) is 2.40. The van der Waals surface area contributed by atoms with Gasteiger partial charge in [-0.2, -0.15) is 0 Å². The minimum Gasteiger partial charge on any atom is -0.423 e. The summed E-state index contributed by atoms with van der Waals surface area (Å²) >= 11 is 0. The molecule has 0 saturated carbocycles. The molecular formula is C13H20BNO3. The van der Waals surface area contributed by atoms with Crippen molar-refractivity contribution in [2.45, 2.75) is 25.4 Å². The van der Waals surface area contributed by atoms with Gasteiger partial charge in [-0.3, -0.25) is 4.90 Å². The Labute approximate surface area is 108 Å². The Kier molecular flexibility index (Phi) is 4.77. The van der Waals surface area contributed by atoms with Gasteiger partial charge in [0.15, 0.2) is 0 Å². The Morgan fingerprint density at radius 2 is 1.94 bits per heavy atom.